The van der Waals surface area contributed by atoms with Crippen molar-refractivity contribution in [2.24, 2.45) is 0 Å². The molecular weight excluding hydrogens is 349 g/mol. The summed E-state index contributed by atoms with van der Waals surface area (Å²) in [6, 6.07) is 6.90. The number of amides is 1. The van der Waals surface area contributed by atoms with Gasteiger partial charge in [-0.3, -0.25) is 14.6 Å². The molecule has 3 aromatic rings. The topological polar surface area (TPSA) is 86.3 Å². The van der Waals surface area contributed by atoms with Crippen LogP contribution in [0.1, 0.15) is 29.3 Å². The Balaban J connectivity index is 2.04. The molecule has 27 heavy (non-hydrogen) atoms. The van der Waals surface area contributed by atoms with E-state index in [1.54, 1.807) is 24.5 Å². The quantitative estimate of drug-likeness (QED) is 0.699. The number of nitrogens with one attached hydrogen (secondary N) is 1. The minimum absolute atomic E-state index is 0.0888. The summed E-state index contributed by atoms with van der Waals surface area (Å²) in [6.45, 7) is 1.85. The first-order chi connectivity index (χ1) is 13.0. The molecular formula is C20H20FN3O3. The number of aliphatic hydroxyl groups excluding tert-OH is 1. The Morgan fingerprint density at radius 2 is 2.04 bits per heavy atom. The number of H-pyrrole nitrogens is 1. The van der Waals surface area contributed by atoms with Gasteiger partial charge in [0.2, 0.25) is 5.43 Å². The first-order valence-electron chi connectivity index (χ1n) is 8.66. The lowest BCUT2D eigenvalue weighted by atomic mass is 10.1. The molecule has 7 heteroatoms. The number of pyridine rings is 2. The summed E-state index contributed by atoms with van der Waals surface area (Å²) in [5.41, 5.74) is 0.649. The van der Waals surface area contributed by atoms with E-state index in [0.29, 0.717) is 11.9 Å². The number of aromatic nitrogens is 2. The van der Waals surface area contributed by atoms with E-state index in [1.807, 2.05) is 6.92 Å². The molecule has 1 amide bonds. The molecule has 140 valence electrons. The summed E-state index contributed by atoms with van der Waals surface area (Å²) in [4.78, 5) is 34.2. The fourth-order valence-electron chi connectivity index (χ4n) is 3.00. The van der Waals surface area contributed by atoms with Crippen molar-refractivity contribution in [3.05, 3.63) is 76.1 Å². The maximum atomic E-state index is 13.5. The molecule has 2 heterocycles. The Morgan fingerprint density at radius 1 is 1.30 bits per heavy atom. The van der Waals surface area contributed by atoms with Crippen LogP contribution in [-0.4, -0.2) is 38.5 Å². The van der Waals surface area contributed by atoms with Gasteiger partial charge in [0.05, 0.1) is 12.6 Å². The average molecular weight is 369 g/mol. The largest absolute Gasteiger partial charge is 0.394 e. The number of rotatable bonds is 6. The number of aromatic amines is 1. The van der Waals surface area contributed by atoms with E-state index in [1.165, 1.54) is 23.2 Å². The summed E-state index contributed by atoms with van der Waals surface area (Å²) in [5, 5.41) is 9.82. The number of carbonyl (C=O) groups is 1. The Hall–Kier alpha value is -3.06. The predicted molar refractivity (Wildman–Crippen MR) is 99.8 cm³/mol. The molecule has 0 unspecified atom stereocenters. The zero-order chi connectivity index (χ0) is 19.4. The van der Waals surface area contributed by atoms with Crippen molar-refractivity contribution in [3.8, 4) is 0 Å². The number of carbonyl (C=O) groups excluding carboxylic acids is 1. The Kier molecular flexibility index (Phi) is 5.61. The van der Waals surface area contributed by atoms with Crippen molar-refractivity contribution < 1.29 is 14.3 Å². The van der Waals surface area contributed by atoms with Crippen molar-refractivity contribution in [2.75, 3.05) is 6.61 Å². The minimum Gasteiger partial charge on any atom is -0.394 e. The van der Waals surface area contributed by atoms with Gasteiger partial charge in [-0.05, 0) is 42.3 Å². The van der Waals surface area contributed by atoms with E-state index in [9.17, 15) is 19.1 Å². The van der Waals surface area contributed by atoms with Crippen molar-refractivity contribution in [1.82, 2.24) is 14.9 Å². The van der Waals surface area contributed by atoms with Crippen LogP contribution in [0.25, 0.3) is 10.9 Å². The van der Waals surface area contributed by atoms with Crippen LogP contribution in [0.5, 0.6) is 0 Å². The number of aliphatic hydroxyl groups is 1. The average Bonchev–Trinajstić information content (AvgIpc) is 2.69. The third-order valence-corrected chi connectivity index (χ3v) is 4.56. The Labute approximate surface area is 155 Å². The molecule has 3 rings (SSSR count). The highest BCUT2D eigenvalue weighted by atomic mass is 19.1. The summed E-state index contributed by atoms with van der Waals surface area (Å²) < 4.78 is 13.5. The Bertz CT molecular complexity index is 1000. The number of nitrogens with zero attached hydrogens (tertiary/aromatic N) is 2. The van der Waals surface area contributed by atoms with Gasteiger partial charge in [-0.2, -0.15) is 0 Å². The third-order valence-electron chi connectivity index (χ3n) is 4.56. The minimum atomic E-state index is -0.548. The third kappa shape index (κ3) is 3.88. The van der Waals surface area contributed by atoms with Gasteiger partial charge in [0.25, 0.3) is 5.91 Å². The molecule has 0 aliphatic heterocycles. The van der Waals surface area contributed by atoms with Crippen LogP contribution in [-0.2, 0) is 6.54 Å². The molecule has 0 radical (unpaired) electrons. The summed E-state index contributed by atoms with van der Waals surface area (Å²) >= 11 is 0. The highest BCUT2D eigenvalue weighted by Gasteiger charge is 2.26. The molecule has 6 nitrogen and oxygen atoms in total. The molecule has 0 saturated heterocycles. The second-order valence-corrected chi connectivity index (χ2v) is 6.25. The van der Waals surface area contributed by atoms with E-state index < -0.39 is 23.2 Å². The summed E-state index contributed by atoms with van der Waals surface area (Å²) in [5.74, 6) is -1.06. The second kappa shape index (κ2) is 8.09. The van der Waals surface area contributed by atoms with Crippen LogP contribution in [0, 0.1) is 5.82 Å². The molecule has 2 aromatic heterocycles. The fraction of sp³-hybridized carbons (Fsp3) is 0.250. The molecule has 0 saturated carbocycles. The zero-order valence-electron chi connectivity index (χ0n) is 14.9. The zero-order valence-corrected chi connectivity index (χ0v) is 14.9. The van der Waals surface area contributed by atoms with Crippen LogP contribution in [0.3, 0.4) is 0 Å². The van der Waals surface area contributed by atoms with Gasteiger partial charge < -0.3 is 15.0 Å². The van der Waals surface area contributed by atoms with Gasteiger partial charge in [0.1, 0.15) is 11.4 Å². The van der Waals surface area contributed by atoms with Crippen molar-refractivity contribution >= 4 is 16.8 Å². The molecule has 2 N–H and O–H groups in total. The van der Waals surface area contributed by atoms with Gasteiger partial charge >= 0.3 is 0 Å². The normalized spacial score (nSPS) is 12.1. The summed E-state index contributed by atoms with van der Waals surface area (Å²) in [6.07, 6.45) is 5.09. The molecule has 1 atom stereocenters. The molecule has 0 aliphatic rings. The van der Waals surface area contributed by atoms with Gasteiger partial charge in [-0.1, -0.05) is 6.92 Å². The molecule has 1 aromatic carbocycles. The van der Waals surface area contributed by atoms with E-state index >= 15 is 0 Å². The van der Waals surface area contributed by atoms with Crippen molar-refractivity contribution in [2.45, 2.75) is 25.9 Å². The standard InChI is InChI=1S/C20H20FN3O3/c1-2-15(12-25)24(11-13-5-7-22-8-6-13)20(27)17-10-23-18-4-3-14(21)9-16(18)19(17)26/h3-10,15,25H,2,11-12H2,1H3,(H,23,26)/t15-/m1/s1. The fourth-order valence-corrected chi connectivity index (χ4v) is 3.00. The number of benzene rings is 1. The van der Waals surface area contributed by atoms with Crippen molar-refractivity contribution in [3.63, 3.8) is 0 Å². The van der Waals surface area contributed by atoms with E-state index in [2.05, 4.69) is 9.97 Å². The van der Waals surface area contributed by atoms with E-state index in [0.717, 1.165) is 11.6 Å². The maximum Gasteiger partial charge on any atom is 0.259 e. The van der Waals surface area contributed by atoms with Gasteiger partial charge in [-0.15, -0.1) is 0 Å². The van der Waals surface area contributed by atoms with Gasteiger partial charge in [0, 0.05) is 36.0 Å². The monoisotopic (exact) mass is 369 g/mol. The first kappa shape index (κ1) is 18.7. The smallest absolute Gasteiger partial charge is 0.259 e. The number of fused-ring (bicyclic) bond motifs is 1. The number of hydrogen-bond acceptors (Lipinski definition) is 4. The lowest BCUT2D eigenvalue weighted by molar-refractivity contribution is 0.0562. The van der Waals surface area contributed by atoms with E-state index in [4.69, 9.17) is 0 Å². The van der Waals surface area contributed by atoms with E-state index in [-0.39, 0.29) is 24.1 Å². The Morgan fingerprint density at radius 3 is 2.70 bits per heavy atom. The van der Waals surface area contributed by atoms with Gasteiger partial charge in [-0.25, -0.2) is 4.39 Å². The summed E-state index contributed by atoms with van der Waals surface area (Å²) in [7, 11) is 0. The SMILES string of the molecule is CC[C@H](CO)N(Cc1ccncc1)C(=O)c1c[nH]c2ccc(F)cc2c1=O. The second-order valence-electron chi connectivity index (χ2n) is 6.25. The number of halogens is 1. The molecule has 0 fully saturated rings. The van der Waals surface area contributed by atoms with Crippen LogP contribution in [0.2, 0.25) is 0 Å². The highest BCUT2D eigenvalue weighted by Crippen LogP contribution is 2.16. The molecule has 0 spiro atoms. The van der Waals surface area contributed by atoms with Crippen molar-refractivity contribution in [1.29, 1.82) is 0 Å². The lowest BCUT2D eigenvalue weighted by Crippen LogP contribution is -2.43. The van der Waals surface area contributed by atoms with Crippen LogP contribution >= 0.6 is 0 Å². The maximum absolute atomic E-state index is 13.5. The number of hydrogen-bond donors (Lipinski definition) is 2. The molecule has 0 aliphatic carbocycles. The van der Waals surface area contributed by atoms with Gasteiger partial charge in [0.15, 0.2) is 0 Å². The van der Waals surface area contributed by atoms with Crippen LogP contribution in [0.15, 0.2) is 53.7 Å². The highest BCUT2D eigenvalue weighted by molar-refractivity contribution is 5.97. The first-order valence-corrected chi connectivity index (χ1v) is 8.66. The lowest BCUT2D eigenvalue weighted by Gasteiger charge is -2.30. The predicted octanol–water partition coefficient (Wildman–Crippen LogP) is 2.48. The molecule has 0 bridgehead atoms. The van der Waals surface area contributed by atoms with Crippen LogP contribution in [0.4, 0.5) is 4.39 Å². The van der Waals surface area contributed by atoms with Crippen LogP contribution < -0.4 is 5.43 Å².